The molecule has 150 valence electrons. The van der Waals surface area contributed by atoms with Crippen LogP contribution in [0.25, 0.3) is 0 Å². The van der Waals surface area contributed by atoms with Crippen molar-refractivity contribution in [1.82, 2.24) is 9.97 Å². The van der Waals surface area contributed by atoms with Crippen LogP contribution >= 0.6 is 0 Å². The zero-order chi connectivity index (χ0) is 20.1. The Balaban J connectivity index is 1.51. The predicted octanol–water partition coefficient (Wildman–Crippen LogP) is 4.29. The summed E-state index contributed by atoms with van der Waals surface area (Å²) in [4.78, 5) is 11.5. The van der Waals surface area contributed by atoms with Crippen molar-refractivity contribution in [3.8, 4) is 0 Å². The lowest BCUT2D eigenvalue weighted by Crippen LogP contribution is -2.36. The van der Waals surface area contributed by atoms with Crippen LogP contribution in [0.1, 0.15) is 17.0 Å². The average Bonchev–Trinajstić information content (AvgIpc) is 2.73. The number of para-hydroxylation sites is 2. The van der Waals surface area contributed by atoms with E-state index in [1.807, 2.05) is 19.1 Å². The molecular formula is C23H27N5O. The molecule has 4 rings (SSSR count). The van der Waals surface area contributed by atoms with Crippen LogP contribution in [0.4, 0.5) is 23.0 Å². The second kappa shape index (κ2) is 8.92. The monoisotopic (exact) mass is 389 g/mol. The highest BCUT2D eigenvalue weighted by atomic mass is 16.5. The van der Waals surface area contributed by atoms with Crippen LogP contribution in [0.3, 0.4) is 0 Å². The molecule has 0 bridgehead atoms. The summed E-state index contributed by atoms with van der Waals surface area (Å²) in [7, 11) is 0. The highest BCUT2D eigenvalue weighted by Crippen LogP contribution is 2.29. The number of morpholine rings is 1. The van der Waals surface area contributed by atoms with E-state index in [-0.39, 0.29) is 0 Å². The molecule has 2 N–H and O–H groups in total. The van der Waals surface area contributed by atoms with Crippen molar-refractivity contribution in [3.63, 3.8) is 0 Å². The van der Waals surface area contributed by atoms with Crippen LogP contribution in [0.2, 0.25) is 0 Å². The molecule has 29 heavy (non-hydrogen) atoms. The minimum atomic E-state index is 0.724. The number of nitrogens with one attached hydrogen (secondary N) is 2. The zero-order valence-corrected chi connectivity index (χ0v) is 17.0. The molecule has 6 nitrogen and oxygen atoms in total. The maximum atomic E-state index is 5.49. The van der Waals surface area contributed by atoms with E-state index in [4.69, 9.17) is 4.74 Å². The van der Waals surface area contributed by atoms with Gasteiger partial charge in [0, 0.05) is 25.7 Å². The number of aromatic nitrogens is 2. The van der Waals surface area contributed by atoms with Crippen molar-refractivity contribution in [1.29, 1.82) is 0 Å². The van der Waals surface area contributed by atoms with E-state index in [0.29, 0.717) is 0 Å². The van der Waals surface area contributed by atoms with E-state index in [1.165, 1.54) is 16.8 Å². The SMILES string of the molecule is Cc1cccc(CNc2cc(Nc3ccccc3N3CCOCC3)nc(C)n2)c1. The molecule has 0 atom stereocenters. The van der Waals surface area contributed by atoms with Gasteiger partial charge >= 0.3 is 0 Å². The second-order valence-corrected chi connectivity index (χ2v) is 7.27. The van der Waals surface area contributed by atoms with Crippen molar-refractivity contribution in [2.75, 3.05) is 41.8 Å². The molecule has 0 unspecified atom stereocenters. The van der Waals surface area contributed by atoms with Gasteiger partial charge in [-0.15, -0.1) is 0 Å². The minimum absolute atomic E-state index is 0.724. The van der Waals surface area contributed by atoms with Crippen molar-refractivity contribution in [2.24, 2.45) is 0 Å². The average molecular weight is 390 g/mol. The number of ether oxygens (including phenoxy) is 1. The quantitative estimate of drug-likeness (QED) is 0.656. The lowest BCUT2D eigenvalue weighted by Gasteiger charge is -2.30. The molecule has 1 saturated heterocycles. The first-order chi connectivity index (χ1) is 14.2. The molecule has 0 amide bonds. The molecule has 0 radical (unpaired) electrons. The predicted molar refractivity (Wildman–Crippen MR) is 118 cm³/mol. The third-order valence-corrected chi connectivity index (χ3v) is 4.91. The van der Waals surface area contributed by atoms with Gasteiger partial charge in [0.1, 0.15) is 17.5 Å². The summed E-state index contributed by atoms with van der Waals surface area (Å²) in [6.45, 7) is 8.04. The number of aryl methyl sites for hydroxylation is 2. The lowest BCUT2D eigenvalue weighted by atomic mass is 10.1. The summed E-state index contributed by atoms with van der Waals surface area (Å²) in [5, 5.41) is 6.90. The molecule has 0 spiro atoms. The summed E-state index contributed by atoms with van der Waals surface area (Å²) < 4.78 is 5.49. The largest absolute Gasteiger partial charge is 0.378 e. The van der Waals surface area contributed by atoms with Gasteiger partial charge < -0.3 is 20.3 Å². The number of benzene rings is 2. The molecule has 6 heteroatoms. The van der Waals surface area contributed by atoms with E-state index in [2.05, 4.69) is 74.9 Å². The normalized spacial score (nSPS) is 13.9. The number of anilines is 4. The van der Waals surface area contributed by atoms with E-state index in [1.54, 1.807) is 0 Å². The van der Waals surface area contributed by atoms with Gasteiger partial charge in [-0.1, -0.05) is 42.0 Å². The summed E-state index contributed by atoms with van der Waals surface area (Å²) in [6, 6.07) is 18.8. The molecule has 1 aliphatic rings. The number of nitrogens with zero attached hydrogens (tertiary/aromatic N) is 3. The molecule has 1 aliphatic heterocycles. The van der Waals surface area contributed by atoms with E-state index >= 15 is 0 Å². The van der Waals surface area contributed by atoms with E-state index < -0.39 is 0 Å². The Kier molecular flexibility index (Phi) is 5.91. The molecule has 2 heterocycles. The van der Waals surface area contributed by atoms with Crippen LogP contribution in [0.5, 0.6) is 0 Å². The fourth-order valence-corrected chi connectivity index (χ4v) is 3.53. The van der Waals surface area contributed by atoms with Gasteiger partial charge in [0.2, 0.25) is 0 Å². The smallest absolute Gasteiger partial charge is 0.136 e. The van der Waals surface area contributed by atoms with Gasteiger partial charge in [0.25, 0.3) is 0 Å². The Labute approximate surface area is 172 Å². The molecule has 3 aromatic rings. The third-order valence-electron chi connectivity index (χ3n) is 4.91. The molecule has 1 fully saturated rings. The first-order valence-corrected chi connectivity index (χ1v) is 10.0. The number of hydrogen-bond donors (Lipinski definition) is 2. The maximum absolute atomic E-state index is 5.49. The van der Waals surface area contributed by atoms with Crippen LogP contribution in [0.15, 0.2) is 54.6 Å². The molecule has 0 aliphatic carbocycles. The number of rotatable bonds is 6. The van der Waals surface area contributed by atoms with Crippen molar-refractivity contribution >= 4 is 23.0 Å². The van der Waals surface area contributed by atoms with Gasteiger partial charge in [-0.25, -0.2) is 9.97 Å². The lowest BCUT2D eigenvalue weighted by molar-refractivity contribution is 0.123. The van der Waals surface area contributed by atoms with Crippen molar-refractivity contribution in [3.05, 3.63) is 71.5 Å². The first-order valence-electron chi connectivity index (χ1n) is 10.0. The molecular weight excluding hydrogens is 362 g/mol. The summed E-state index contributed by atoms with van der Waals surface area (Å²) in [5.41, 5.74) is 4.69. The zero-order valence-electron chi connectivity index (χ0n) is 17.0. The fourth-order valence-electron chi connectivity index (χ4n) is 3.53. The highest BCUT2D eigenvalue weighted by Gasteiger charge is 2.15. The van der Waals surface area contributed by atoms with Crippen LogP contribution in [-0.4, -0.2) is 36.3 Å². The second-order valence-electron chi connectivity index (χ2n) is 7.27. The van der Waals surface area contributed by atoms with E-state index in [0.717, 1.165) is 56.0 Å². The summed E-state index contributed by atoms with van der Waals surface area (Å²) in [5.74, 6) is 2.32. The Hall–Kier alpha value is -3.12. The first kappa shape index (κ1) is 19.2. The number of hydrogen-bond acceptors (Lipinski definition) is 6. The van der Waals surface area contributed by atoms with Crippen molar-refractivity contribution in [2.45, 2.75) is 20.4 Å². The van der Waals surface area contributed by atoms with Gasteiger partial charge in [-0.3, -0.25) is 0 Å². The third kappa shape index (κ3) is 5.03. The van der Waals surface area contributed by atoms with Gasteiger partial charge in [-0.05, 0) is 31.5 Å². The summed E-state index contributed by atoms with van der Waals surface area (Å²) in [6.07, 6.45) is 0. The van der Waals surface area contributed by atoms with Gasteiger partial charge in [-0.2, -0.15) is 0 Å². The molecule has 0 saturated carbocycles. The van der Waals surface area contributed by atoms with Crippen LogP contribution < -0.4 is 15.5 Å². The van der Waals surface area contributed by atoms with Gasteiger partial charge in [0.15, 0.2) is 0 Å². The topological polar surface area (TPSA) is 62.3 Å². The Morgan fingerprint density at radius 3 is 2.55 bits per heavy atom. The summed E-state index contributed by atoms with van der Waals surface area (Å²) >= 11 is 0. The van der Waals surface area contributed by atoms with Crippen molar-refractivity contribution < 1.29 is 4.74 Å². The Morgan fingerprint density at radius 2 is 1.72 bits per heavy atom. The molecule has 2 aromatic carbocycles. The van der Waals surface area contributed by atoms with E-state index in [9.17, 15) is 0 Å². The standard InChI is InChI=1S/C23H27N5O/c1-17-6-5-7-19(14-17)16-24-22-15-23(26-18(2)25-22)27-20-8-3-4-9-21(20)28-10-12-29-13-11-28/h3-9,14-15H,10-13,16H2,1-2H3,(H2,24,25,26,27). The maximum Gasteiger partial charge on any atom is 0.136 e. The van der Waals surface area contributed by atoms with Crippen LogP contribution in [0, 0.1) is 13.8 Å². The Bertz CT molecular complexity index is 969. The Morgan fingerprint density at radius 1 is 0.931 bits per heavy atom. The highest BCUT2D eigenvalue weighted by molar-refractivity contribution is 5.75. The fraction of sp³-hybridized carbons (Fsp3) is 0.304. The van der Waals surface area contributed by atoms with Crippen LogP contribution in [-0.2, 0) is 11.3 Å². The van der Waals surface area contributed by atoms with Gasteiger partial charge in [0.05, 0.1) is 24.6 Å². The minimum Gasteiger partial charge on any atom is -0.378 e. The molecule has 1 aromatic heterocycles.